The van der Waals surface area contributed by atoms with Crippen molar-refractivity contribution in [2.75, 3.05) is 18.5 Å². The summed E-state index contributed by atoms with van der Waals surface area (Å²) < 4.78 is 0. The topological polar surface area (TPSA) is 41.0 Å². The molecule has 0 amide bonds. The minimum absolute atomic E-state index is 0.701. The van der Waals surface area contributed by atoms with Crippen LogP contribution in [0.15, 0.2) is 24.4 Å². The summed E-state index contributed by atoms with van der Waals surface area (Å²) in [5, 5.41) is 4.54. The van der Waals surface area contributed by atoms with Gasteiger partial charge in [-0.3, -0.25) is 4.98 Å². The lowest BCUT2D eigenvalue weighted by Gasteiger charge is -2.14. The van der Waals surface area contributed by atoms with Crippen molar-refractivity contribution in [2.24, 2.45) is 0 Å². The van der Waals surface area contributed by atoms with Gasteiger partial charge in [0, 0.05) is 30.6 Å². The number of hydrogen-bond donors (Lipinski definition) is 1. The van der Waals surface area contributed by atoms with Gasteiger partial charge in [0.05, 0.1) is 17.9 Å². The number of nitrogens with one attached hydrogen (secondary N) is 1. The molecule has 0 unspecified atom stereocenters. The molecule has 0 radical (unpaired) electrons. The fourth-order valence-electron chi connectivity index (χ4n) is 2.36. The van der Waals surface area contributed by atoms with E-state index in [1.54, 1.807) is 0 Å². The van der Waals surface area contributed by atoms with Gasteiger partial charge in [0.15, 0.2) is 5.13 Å². The van der Waals surface area contributed by atoms with E-state index in [2.05, 4.69) is 35.2 Å². The molecule has 0 spiro atoms. The van der Waals surface area contributed by atoms with Gasteiger partial charge in [0.2, 0.25) is 0 Å². The first-order valence-electron chi connectivity index (χ1n) is 7.59. The zero-order valence-electron chi connectivity index (χ0n) is 12.7. The third kappa shape index (κ3) is 3.60. The summed E-state index contributed by atoms with van der Waals surface area (Å²) in [4.78, 5) is 12.9. The van der Waals surface area contributed by atoms with Crippen molar-refractivity contribution >= 4 is 16.5 Å². The summed E-state index contributed by atoms with van der Waals surface area (Å²) in [5.41, 5.74) is 2.40. The smallest absolute Gasteiger partial charge is 0.185 e. The Morgan fingerprint density at radius 2 is 2.24 bits per heavy atom. The molecule has 1 aliphatic rings. The highest BCUT2D eigenvalue weighted by Crippen LogP contribution is 2.44. The second-order valence-corrected chi connectivity index (χ2v) is 6.60. The van der Waals surface area contributed by atoms with E-state index in [9.17, 15) is 0 Å². The highest BCUT2D eigenvalue weighted by molar-refractivity contribution is 7.15. The quantitative estimate of drug-likeness (QED) is 0.853. The predicted octanol–water partition coefficient (Wildman–Crippen LogP) is 3.16. The molecule has 5 heteroatoms. The van der Waals surface area contributed by atoms with Crippen molar-refractivity contribution in [2.45, 2.75) is 38.8 Å². The molecule has 4 nitrogen and oxygen atoms in total. The molecule has 1 fully saturated rings. The standard InChI is InChI=1S/C16H22N4S/c1-3-17-10-14-15(12-7-8-12)19-16(21-14)20(2)11-13-6-4-5-9-18-13/h4-6,9,12,17H,3,7-8,10-11H2,1-2H3. The maximum atomic E-state index is 4.90. The molecule has 1 N–H and O–H groups in total. The summed E-state index contributed by atoms with van der Waals surface area (Å²) in [5.74, 6) is 0.701. The van der Waals surface area contributed by atoms with Crippen molar-refractivity contribution in [3.8, 4) is 0 Å². The van der Waals surface area contributed by atoms with Gasteiger partial charge in [-0.15, -0.1) is 11.3 Å². The van der Waals surface area contributed by atoms with Gasteiger partial charge < -0.3 is 10.2 Å². The van der Waals surface area contributed by atoms with E-state index in [4.69, 9.17) is 4.98 Å². The van der Waals surface area contributed by atoms with Crippen molar-refractivity contribution in [3.05, 3.63) is 40.7 Å². The summed E-state index contributed by atoms with van der Waals surface area (Å²) in [7, 11) is 2.10. The summed E-state index contributed by atoms with van der Waals surface area (Å²) >= 11 is 1.82. The van der Waals surface area contributed by atoms with Crippen LogP contribution in [0.2, 0.25) is 0 Å². The highest BCUT2D eigenvalue weighted by atomic mass is 32.1. The second-order valence-electron chi connectivity index (χ2n) is 5.54. The number of rotatable bonds is 7. The molecule has 1 saturated carbocycles. The molecule has 0 bridgehead atoms. The normalized spacial score (nSPS) is 14.4. The number of anilines is 1. The summed E-state index contributed by atoms with van der Waals surface area (Å²) in [6, 6.07) is 6.04. The molecule has 0 aliphatic heterocycles. The third-order valence-corrected chi connectivity index (χ3v) is 4.85. The predicted molar refractivity (Wildman–Crippen MR) is 87.8 cm³/mol. The van der Waals surface area contributed by atoms with E-state index in [0.717, 1.165) is 30.5 Å². The van der Waals surface area contributed by atoms with Crippen LogP contribution in [0.4, 0.5) is 5.13 Å². The fraction of sp³-hybridized carbons (Fsp3) is 0.500. The van der Waals surface area contributed by atoms with Crippen LogP contribution in [-0.4, -0.2) is 23.6 Å². The van der Waals surface area contributed by atoms with Crippen molar-refractivity contribution in [1.29, 1.82) is 0 Å². The maximum absolute atomic E-state index is 4.90. The van der Waals surface area contributed by atoms with Crippen LogP contribution >= 0.6 is 11.3 Å². The summed E-state index contributed by atoms with van der Waals surface area (Å²) in [6.45, 7) is 4.89. The Kier molecular flexibility index (Phi) is 4.51. The minimum atomic E-state index is 0.701. The molecular weight excluding hydrogens is 280 g/mol. The fourth-order valence-corrected chi connectivity index (χ4v) is 3.43. The lowest BCUT2D eigenvalue weighted by molar-refractivity contribution is 0.726. The molecule has 2 aromatic rings. The van der Waals surface area contributed by atoms with E-state index in [-0.39, 0.29) is 0 Å². The highest BCUT2D eigenvalue weighted by Gasteiger charge is 2.30. The number of aromatic nitrogens is 2. The Bertz CT molecular complexity index is 577. The molecule has 2 aromatic heterocycles. The van der Waals surface area contributed by atoms with Gasteiger partial charge in [-0.2, -0.15) is 0 Å². The number of hydrogen-bond acceptors (Lipinski definition) is 5. The zero-order chi connectivity index (χ0) is 14.7. The van der Waals surface area contributed by atoms with Gasteiger partial charge in [-0.25, -0.2) is 4.98 Å². The zero-order valence-corrected chi connectivity index (χ0v) is 13.5. The van der Waals surface area contributed by atoms with Gasteiger partial charge in [0.1, 0.15) is 0 Å². The van der Waals surface area contributed by atoms with Crippen LogP contribution in [0.1, 0.15) is 41.9 Å². The van der Waals surface area contributed by atoms with Crippen LogP contribution in [0.25, 0.3) is 0 Å². The van der Waals surface area contributed by atoms with Crippen LogP contribution < -0.4 is 10.2 Å². The second kappa shape index (κ2) is 6.54. The lowest BCUT2D eigenvalue weighted by Crippen LogP contribution is -2.16. The van der Waals surface area contributed by atoms with Crippen LogP contribution in [0.3, 0.4) is 0 Å². The van der Waals surface area contributed by atoms with Gasteiger partial charge in [-0.1, -0.05) is 13.0 Å². The van der Waals surface area contributed by atoms with E-state index < -0.39 is 0 Å². The first-order chi connectivity index (χ1) is 10.3. The molecule has 0 atom stereocenters. The Morgan fingerprint density at radius 1 is 1.38 bits per heavy atom. The Morgan fingerprint density at radius 3 is 2.90 bits per heavy atom. The first-order valence-corrected chi connectivity index (χ1v) is 8.41. The van der Waals surface area contributed by atoms with Gasteiger partial charge >= 0.3 is 0 Å². The lowest BCUT2D eigenvalue weighted by atomic mass is 10.2. The molecule has 0 aromatic carbocycles. The Balaban J connectivity index is 1.74. The van der Waals surface area contributed by atoms with Crippen LogP contribution in [0, 0.1) is 0 Å². The van der Waals surface area contributed by atoms with Gasteiger partial charge in [-0.05, 0) is 31.5 Å². The molecule has 21 heavy (non-hydrogen) atoms. The van der Waals surface area contributed by atoms with Crippen molar-refractivity contribution in [3.63, 3.8) is 0 Å². The molecule has 112 valence electrons. The first kappa shape index (κ1) is 14.5. The Hall–Kier alpha value is -1.46. The van der Waals surface area contributed by atoms with Crippen LogP contribution in [0.5, 0.6) is 0 Å². The third-order valence-electron chi connectivity index (χ3n) is 3.67. The average Bonchev–Trinajstić information content (AvgIpc) is 3.26. The average molecular weight is 302 g/mol. The SMILES string of the molecule is CCNCc1sc(N(C)Cc2ccccn2)nc1C1CC1. The van der Waals surface area contributed by atoms with E-state index in [1.807, 2.05) is 29.7 Å². The maximum Gasteiger partial charge on any atom is 0.185 e. The van der Waals surface area contributed by atoms with Crippen molar-refractivity contribution < 1.29 is 0 Å². The minimum Gasteiger partial charge on any atom is -0.345 e. The van der Waals surface area contributed by atoms with E-state index >= 15 is 0 Å². The Labute approximate surface area is 130 Å². The molecular formula is C16H22N4S. The number of nitrogens with zero attached hydrogens (tertiary/aromatic N) is 3. The molecule has 3 rings (SSSR count). The molecule has 0 saturated heterocycles. The number of thiazole rings is 1. The van der Waals surface area contributed by atoms with Crippen molar-refractivity contribution in [1.82, 2.24) is 15.3 Å². The monoisotopic (exact) mass is 302 g/mol. The molecule has 1 aliphatic carbocycles. The largest absolute Gasteiger partial charge is 0.345 e. The molecule has 2 heterocycles. The summed E-state index contributed by atoms with van der Waals surface area (Å²) in [6.07, 6.45) is 4.44. The van der Waals surface area contributed by atoms with E-state index in [1.165, 1.54) is 23.4 Å². The number of pyridine rings is 1. The van der Waals surface area contributed by atoms with Gasteiger partial charge in [0.25, 0.3) is 0 Å². The van der Waals surface area contributed by atoms with E-state index in [0.29, 0.717) is 5.92 Å². The van der Waals surface area contributed by atoms with Crippen LogP contribution in [-0.2, 0) is 13.1 Å².